The molecule has 0 saturated heterocycles. The second kappa shape index (κ2) is 8.57. The summed E-state index contributed by atoms with van der Waals surface area (Å²) in [6, 6.07) is 13.2. The number of anilines is 2. The summed E-state index contributed by atoms with van der Waals surface area (Å²) in [5.74, 6) is -0.414. The van der Waals surface area contributed by atoms with Gasteiger partial charge in [-0.05, 0) is 64.6 Å². The second-order valence-corrected chi connectivity index (χ2v) is 10.5. The third-order valence-corrected chi connectivity index (χ3v) is 8.61. The van der Waals surface area contributed by atoms with E-state index in [9.17, 15) is 9.59 Å². The van der Waals surface area contributed by atoms with Crippen molar-refractivity contribution in [3.8, 4) is 10.4 Å². The predicted octanol–water partition coefficient (Wildman–Crippen LogP) is 4.40. The van der Waals surface area contributed by atoms with E-state index in [1.165, 1.54) is 11.8 Å². The molecule has 3 amide bonds. The lowest BCUT2D eigenvalue weighted by atomic mass is 9.87. The number of thioether (sulfide) groups is 1. The van der Waals surface area contributed by atoms with Gasteiger partial charge in [-0.3, -0.25) is 9.78 Å². The van der Waals surface area contributed by atoms with Crippen molar-refractivity contribution >= 4 is 46.4 Å². The molecular weight excluding hydrogens is 454 g/mol. The number of benzene rings is 1. The molecule has 4 heterocycles. The van der Waals surface area contributed by atoms with E-state index in [-0.39, 0.29) is 6.03 Å². The van der Waals surface area contributed by atoms with Crippen molar-refractivity contribution in [2.45, 2.75) is 17.6 Å². The lowest BCUT2D eigenvalue weighted by Crippen LogP contribution is -2.40. The number of hydrogen-bond donors (Lipinski definition) is 3. The quantitative estimate of drug-likeness (QED) is 0.482. The summed E-state index contributed by atoms with van der Waals surface area (Å²) < 4.78 is -0.974. The average molecular weight is 478 g/mol. The third-order valence-electron chi connectivity index (χ3n) is 6.04. The molecule has 33 heavy (non-hydrogen) atoms. The van der Waals surface area contributed by atoms with Crippen LogP contribution in [-0.2, 0) is 9.54 Å². The summed E-state index contributed by atoms with van der Waals surface area (Å²) in [6.45, 7) is 1.02. The van der Waals surface area contributed by atoms with Crippen molar-refractivity contribution < 1.29 is 9.59 Å². The number of hydrogen-bond acceptors (Lipinski definition) is 6. The van der Waals surface area contributed by atoms with Crippen LogP contribution in [0.2, 0.25) is 0 Å². The van der Waals surface area contributed by atoms with Gasteiger partial charge in [0.25, 0.3) is 0 Å². The van der Waals surface area contributed by atoms with Gasteiger partial charge >= 0.3 is 6.03 Å². The second-order valence-electron chi connectivity index (χ2n) is 8.12. The zero-order chi connectivity index (χ0) is 23.0. The molecule has 0 aliphatic carbocycles. The van der Waals surface area contributed by atoms with E-state index < -0.39 is 10.7 Å². The lowest BCUT2D eigenvalue weighted by Gasteiger charge is -2.28. The maximum Gasteiger partial charge on any atom is 0.322 e. The highest BCUT2D eigenvalue weighted by molar-refractivity contribution is 8.05. The first-order valence-electron chi connectivity index (χ1n) is 10.6. The molecule has 1 atom stereocenters. The normalized spacial score (nSPS) is 19.9. The molecule has 5 N–H and O–H groups in total. The van der Waals surface area contributed by atoms with Gasteiger partial charge < -0.3 is 21.7 Å². The van der Waals surface area contributed by atoms with Crippen molar-refractivity contribution in [3.05, 3.63) is 76.3 Å². The topological polar surface area (TPSA) is 114 Å². The molecular formula is C24H23N5O2S2. The molecule has 2 aliphatic rings. The Morgan fingerprint density at radius 1 is 1.18 bits per heavy atom. The number of primary amides is 1. The number of rotatable bonds is 4. The van der Waals surface area contributed by atoms with Crippen molar-refractivity contribution in [3.63, 3.8) is 0 Å². The standard InChI is InChI=1S/C24H23N5O2S2/c25-19-6-5-15(20-4-2-10-32-20)11-18(19)24(22(26)30)12-16-14-29(9-7-21(16)33-24)23(31)28-17-3-1-8-27-13-17/h1-6,8,10-11,13H,7,9,12,14,25H2,(H2,26,30)(H,28,31). The largest absolute Gasteiger partial charge is 0.398 e. The Bertz CT molecular complexity index is 1240. The van der Waals surface area contributed by atoms with E-state index in [2.05, 4.69) is 10.3 Å². The number of aromatic nitrogens is 1. The number of carbonyl (C=O) groups is 2. The molecule has 1 unspecified atom stereocenters. The zero-order valence-corrected chi connectivity index (χ0v) is 19.4. The fourth-order valence-electron chi connectivity index (χ4n) is 4.37. The summed E-state index contributed by atoms with van der Waals surface area (Å²) in [5, 5.41) is 4.90. The number of nitrogens with one attached hydrogen (secondary N) is 1. The highest BCUT2D eigenvalue weighted by Gasteiger charge is 2.48. The van der Waals surface area contributed by atoms with E-state index in [1.807, 2.05) is 35.7 Å². The molecule has 0 spiro atoms. The van der Waals surface area contributed by atoms with Crippen molar-refractivity contribution in [1.29, 1.82) is 0 Å². The van der Waals surface area contributed by atoms with Gasteiger partial charge in [-0.2, -0.15) is 0 Å². The van der Waals surface area contributed by atoms with Crippen molar-refractivity contribution in [1.82, 2.24) is 9.88 Å². The smallest absolute Gasteiger partial charge is 0.322 e. The maximum atomic E-state index is 12.9. The first kappa shape index (κ1) is 21.5. The number of nitrogens with two attached hydrogens (primary N) is 2. The first-order valence-corrected chi connectivity index (χ1v) is 12.3. The number of nitrogens with zero attached hydrogens (tertiary/aromatic N) is 2. The molecule has 9 heteroatoms. The van der Waals surface area contributed by atoms with Gasteiger partial charge in [0, 0.05) is 35.4 Å². The lowest BCUT2D eigenvalue weighted by molar-refractivity contribution is -0.120. The molecule has 7 nitrogen and oxygen atoms in total. The minimum atomic E-state index is -0.974. The minimum absolute atomic E-state index is 0.185. The summed E-state index contributed by atoms with van der Waals surface area (Å²) in [4.78, 5) is 33.7. The van der Waals surface area contributed by atoms with Crippen LogP contribution in [0.5, 0.6) is 0 Å². The summed E-state index contributed by atoms with van der Waals surface area (Å²) in [6.07, 6.45) is 4.39. The van der Waals surface area contributed by atoms with Crippen LogP contribution in [-0.4, -0.2) is 34.9 Å². The van der Waals surface area contributed by atoms with Crippen LogP contribution >= 0.6 is 23.1 Å². The zero-order valence-electron chi connectivity index (χ0n) is 17.8. The Kier molecular flexibility index (Phi) is 5.59. The molecule has 1 aromatic carbocycles. The Balaban J connectivity index is 1.40. The van der Waals surface area contributed by atoms with Gasteiger partial charge in [0.15, 0.2) is 0 Å². The van der Waals surface area contributed by atoms with Crippen LogP contribution in [0.3, 0.4) is 0 Å². The first-order chi connectivity index (χ1) is 16.0. The van der Waals surface area contributed by atoms with E-state index in [0.29, 0.717) is 37.3 Å². The SMILES string of the molecule is NC(=O)C1(c2cc(-c3cccs3)ccc2N)CC2=C(CCN(C(=O)Nc3cccnc3)C2)S1. The molecule has 3 aromatic rings. The monoisotopic (exact) mass is 477 g/mol. The third kappa shape index (κ3) is 3.98. The molecule has 168 valence electrons. The molecule has 0 radical (unpaired) electrons. The van der Waals surface area contributed by atoms with Gasteiger partial charge in [-0.1, -0.05) is 12.1 Å². The Hall–Kier alpha value is -3.30. The van der Waals surface area contributed by atoms with Crippen molar-refractivity contribution in [2.24, 2.45) is 5.73 Å². The number of urea groups is 1. The number of carbonyl (C=O) groups excluding carboxylic acids is 2. The van der Waals surface area contributed by atoms with E-state index in [0.717, 1.165) is 26.5 Å². The van der Waals surface area contributed by atoms with Crippen LogP contribution in [0.25, 0.3) is 10.4 Å². The van der Waals surface area contributed by atoms with Gasteiger partial charge in [-0.15, -0.1) is 23.1 Å². The molecule has 5 rings (SSSR count). The Labute approximate surface area is 199 Å². The van der Waals surface area contributed by atoms with Crippen LogP contribution in [0.1, 0.15) is 18.4 Å². The number of thiophene rings is 1. The summed E-state index contributed by atoms with van der Waals surface area (Å²) in [7, 11) is 0. The Morgan fingerprint density at radius 2 is 2.06 bits per heavy atom. The van der Waals surface area contributed by atoms with Gasteiger partial charge in [0.2, 0.25) is 5.91 Å². The highest BCUT2D eigenvalue weighted by atomic mass is 32.2. The maximum absolute atomic E-state index is 12.9. The summed E-state index contributed by atoms with van der Waals surface area (Å²) >= 11 is 3.14. The van der Waals surface area contributed by atoms with E-state index >= 15 is 0 Å². The van der Waals surface area contributed by atoms with Gasteiger partial charge in [0.1, 0.15) is 4.75 Å². The summed E-state index contributed by atoms with van der Waals surface area (Å²) in [5.41, 5.74) is 16.4. The molecule has 0 saturated carbocycles. The van der Waals surface area contributed by atoms with Gasteiger partial charge in [-0.25, -0.2) is 4.79 Å². The minimum Gasteiger partial charge on any atom is -0.398 e. The number of nitrogen functional groups attached to an aromatic ring is 1. The van der Waals surface area contributed by atoms with Crippen LogP contribution < -0.4 is 16.8 Å². The number of amides is 3. The highest BCUT2D eigenvalue weighted by Crippen LogP contribution is 2.56. The van der Waals surface area contributed by atoms with Crippen LogP contribution in [0, 0.1) is 0 Å². The number of pyridine rings is 1. The molecule has 2 aromatic heterocycles. The fraction of sp³-hybridized carbons (Fsp3) is 0.208. The van der Waals surface area contributed by atoms with E-state index in [1.54, 1.807) is 40.8 Å². The van der Waals surface area contributed by atoms with Crippen LogP contribution in [0.4, 0.5) is 16.2 Å². The molecule has 2 aliphatic heterocycles. The fourth-order valence-corrected chi connectivity index (χ4v) is 6.62. The predicted molar refractivity (Wildman–Crippen MR) is 134 cm³/mol. The Morgan fingerprint density at radius 3 is 2.79 bits per heavy atom. The average Bonchev–Trinajstić information content (AvgIpc) is 3.48. The van der Waals surface area contributed by atoms with Crippen LogP contribution in [0.15, 0.2) is 70.7 Å². The molecule has 0 fully saturated rings. The van der Waals surface area contributed by atoms with Crippen molar-refractivity contribution in [2.75, 3.05) is 24.1 Å². The van der Waals surface area contributed by atoms with E-state index in [4.69, 9.17) is 11.5 Å². The van der Waals surface area contributed by atoms with Gasteiger partial charge in [0.05, 0.1) is 11.9 Å². The molecule has 0 bridgehead atoms.